The van der Waals surface area contributed by atoms with E-state index in [1.54, 1.807) is 6.92 Å². The van der Waals surface area contributed by atoms with E-state index in [-0.39, 0.29) is 46.9 Å². The number of sulfonamides is 1. The van der Waals surface area contributed by atoms with Gasteiger partial charge in [-0.3, -0.25) is 9.59 Å². The van der Waals surface area contributed by atoms with Crippen molar-refractivity contribution in [3.05, 3.63) is 58.7 Å². The fraction of sp³-hybridized carbons (Fsp3) is 0.300. The summed E-state index contributed by atoms with van der Waals surface area (Å²) in [5.74, 6) is -0.918. The highest BCUT2D eigenvalue weighted by molar-refractivity contribution is 7.90. The van der Waals surface area contributed by atoms with E-state index in [0.29, 0.717) is 5.69 Å². The molecule has 0 saturated carbocycles. The molecule has 0 spiro atoms. The summed E-state index contributed by atoms with van der Waals surface area (Å²) in [4.78, 5) is 24.9. The maximum atomic E-state index is 12.8. The summed E-state index contributed by atoms with van der Waals surface area (Å²) in [5.41, 5.74) is 9.04. The zero-order chi connectivity index (χ0) is 20.1. The molecule has 9 heteroatoms. The van der Waals surface area contributed by atoms with E-state index < -0.39 is 15.9 Å². The van der Waals surface area contributed by atoms with Crippen molar-refractivity contribution in [2.24, 2.45) is 0 Å². The number of rotatable bonds is 3. The molecule has 0 saturated heterocycles. The number of fused-ring (bicyclic) bond motifs is 2. The number of hydrogen-bond donors (Lipinski definition) is 2. The normalized spacial score (nSPS) is 19.1. The lowest BCUT2D eigenvalue weighted by Crippen LogP contribution is -2.31. The van der Waals surface area contributed by atoms with Crippen LogP contribution in [0.25, 0.3) is 0 Å². The standard InChI is InChI=1S/C20H21N3O4S.ClH/c1-2-23-20(25)16-8-6-13(11-18(16)28(23,26)27)19(24)22-17-5-3-4-12-10-14(21)7-9-15(12)17;/h6-11,17H,2-5,21H2,1H3,(H,22,24);1H. The van der Waals surface area contributed by atoms with Gasteiger partial charge < -0.3 is 11.1 Å². The summed E-state index contributed by atoms with van der Waals surface area (Å²) in [6, 6.07) is 9.72. The summed E-state index contributed by atoms with van der Waals surface area (Å²) in [6.07, 6.45) is 2.65. The SMILES string of the molecule is CCN1C(=O)c2ccc(C(=O)NC3CCCc4cc(N)ccc43)cc2S1(=O)=O.Cl. The second-order valence-electron chi connectivity index (χ2n) is 7.06. The summed E-state index contributed by atoms with van der Waals surface area (Å²) in [6.45, 7) is 1.65. The second-order valence-corrected chi connectivity index (χ2v) is 8.89. The van der Waals surface area contributed by atoms with Gasteiger partial charge in [0, 0.05) is 17.8 Å². The fourth-order valence-corrected chi connectivity index (χ4v) is 5.56. The van der Waals surface area contributed by atoms with Crippen LogP contribution in [0, 0.1) is 0 Å². The topological polar surface area (TPSA) is 110 Å². The molecule has 7 nitrogen and oxygen atoms in total. The first kappa shape index (κ1) is 21.1. The number of nitrogens with two attached hydrogens (primary N) is 1. The summed E-state index contributed by atoms with van der Waals surface area (Å²) in [5, 5.41) is 2.99. The molecular formula is C20H22ClN3O4S. The van der Waals surface area contributed by atoms with Gasteiger partial charge in [0.1, 0.15) is 4.90 Å². The summed E-state index contributed by atoms with van der Waals surface area (Å²) >= 11 is 0. The Morgan fingerprint density at radius 1 is 1.24 bits per heavy atom. The van der Waals surface area contributed by atoms with Crippen LogP contribution in [0.3, 0.4) is 0 Å². The van der Waals surface area contributed by atoms with Crippen molar-refractivity contribution >= 4 is 39.9 Å². The molecule has 3 N–H and O–H groups in total. The van der Waals surface area contributed by atoms with Crippen LogP contribution >= 0.6 is 12.4 Å². The van der Waals surface area contributed by atoms with Gasteiger partial charge in [-0.05, 0) is 67.6 Å². The number of amides is 2. The minimum absolute atomic E-state index is 0. The molecule has 1 aliphatic carbocycles. The van der Waals surface area contributed by atoms with Crippen LogP contribution in [0.15, 0.2) is 41.3 Å². The van der Waals surface area contributed by atoms with Gasteiger partial charge in [0.15, 0.2) is 0 Å². The molecule has 1 heterocycles. The summed E-state index contributed by atoms with van der Waals surface area (Å²) < 4.78 is 25.9. The van der Waals surface area contributed by atoms with Crippen molar-refractivity contribution in [2.45, 2.75) is 37.1 Å². The Morgan fingerprint density at radius 3 is 2.72 bits per heavy atom. The van der Waals surface area contributed by atoms with Gasteiger partial charge >= 0.3 is 0 Å². The van der Waals surface area contributed by atoms with Gasteiger partial charge in [-0.2, -0.15) is 0 Å². The Balaban J connectivity index is 0.00000240. The van der Waals surface area contributed by atoms with Gasteiger partial charge in [-0.1, -0.05) is 6.07 Å². The third-order valence-corrected chi connectivity index (χ3v) is 7.24. The number of benzene rings is 2. The number of nitrogens with zero attached hydrogens (tertiary/aromatic N) is 1. The molecule has 0 aromatic heterocycles. The molecule has 2 aliphatic rings. The Hall–Kier alpha value is -2.58. The maximum Gasteiger partial charge on any atom is 0.268 e. The number of aryl methyl sites for hydroxylation is 1. The van der Waals surface area contributed by atoms with Crippen LogP contribution < -0.4 is 11.1 Å². The van der Waals surface area contributed by atoms with Gasteiger partial charge in [0.25, 0.3) is 21.8 Å². The van der Waals surface area contributed by atoms with E-state index in [1.807, 2.05) is 18.2 Å². The Kier molecular flexibility index (Phi) is 5.60. The molecule has 2 amide bonds. The van der Waals surface area contributed by atoms with Crippen LogP contribution in [0.5, 0.6) is 0 Å². The predicted molar refractivity (Wildman–Crippen MR) is 112 cm³/mol. The molecule has 4 rings (SSSR count). The van der Waals surface area contributed by atoms with Gasteiger partial charge in [0.05, 0.1) is 11.6 Å². The van der Waals surface area contributed by atoms with Crippen LogP contribution in [0.2, 0.25) is 0 Å². The lowest BCUT2D eigenvalue weighted by molar-refractivity contribution is 0.0873. The van der Waals surface area contributed by atoms with Crippen LogP contribution in [-0.4, -0.2) is 31.1 Å². The largest absolute Gasteiger partial charge is 0.399 e. The Morgan fingerprint density at radius 2 is 2.00 bits per heavy atom. The third kappa shape index (κ3) is 3.47. The highest BCUT2D eigenvalue weighted by Gasteiger charge is 2.40. The van der Waals surface area contributed by atoms with Crippen molar-refractivity contribution in [1.29, 1.82) is 0 Å². The number of nitrogen functional groups attached to an aromatic ring is 1. The van der Waals surface area contributed by atoms with E-state index in [4.69, 9.17) is 5.73 Å². The van der Waals surface area contributed by atoms with E-state index in [0.717, 1.165) is 34.7 Å². The number of hydrogen-bond acceptors (Lipinski definition) is 5. The van der Waals surface area contributed by atoms with Gasteiger partial charge in [0.2, 0.25) is 0 Å². The van der Waals surface area contributed by atoms with Crippen LogP contribution in [0.4, 0.5) is 5.69 Å². The number of carbonyl (C=O) groups excluding carboxylic acids is 2. The van der Waals surface area contributed by atoms with E-state index >= 15 is 0 Å². The first-order valence-electron chi connectivity index (χ1n) is 9.23. The van der Waals surface area contributed by atoms with Crippen molar-refractivity contribution in [1.82, 2.24) is 9.62 Å². The third-order valence-electron chi connectivity index (χ3n) is 5.34. The quantitative estimate of drug-likeness (QED) is 0.720. The number of nitrogens with one attached hydrogen (secondary N) is 1. The Labute approximate surface area is 175 Å². The smallest absolute Gasteiger partial charge is 0.268 e. The molecule has 0 bridgehead atoms. The lowest BCUT2D eigenvalue weighted by Gasteiger charge is -2.26. The van der Waals surface area contributed by atoms with Crippen molar-refractivity contribution in [2.75, 3.05) is 12.3 Å². The molecule has 154 valence electrons. The van der Waals surface area contributed by atoms with Gasteiger partial charge in [-0.15, -0.1) is 12.4 Å². The molecule has 0 radical (unpaired) electrons. The number of halogens is 1. The number of anilines is 1. The van der Waals surface area contributed by atoms with Crippen molar-refractivity contribution in [3.63, 3.8) is 0 Å². The predicted octanol–water partition coefficient (Wildman–Crippen LogP) is 2.66. The molecule has 1 atom stereocenters. The molecule has 1 unspecified atom stereocenters. The molecule has 2 aromatic carbocycles. The monoisotopic (exact) mass is 435 g/mol. The minimum atomic E-state index is -3.90. The number of carbonyl (C=O) groups is 2. The summed E-state index contributed by atoms with van der Waals surface area (Å²) in [7, 11) is -3.90. The van der Waals surface area contributed by atoms with Gasteiger partial charge in [-0.25, -0.2) is 12.7 Å². The van der Waals surface area contributed by atoms with Crippen LogP contribution in [0.1, 0.15) is 57.7 Å². The zero-order valence-corrected chi connectivity index (χ0v) is 17.5. The average molecular weight is 436 g/mol. The zero-order valence-electron chi connectivity index (χ0n) is 15.8. The molecule has 2 aromatic rings. The highest BCUT2D eigenvalue weighted by atomic mass is 35.5. The first-order valence-corrected chi connectivity index (χ1v) is 10.7. The van der Waals surface area contributed by atoms with Crippen LogP contribution in [-0.2, 0) is 16.4 Å². The van der Waals surface area contributed by atoms with E-state index in [9.17, 15) is 18.0 Å². The molecule has 29 heavy (non-hydrogen) atoms. The second kappa shape index (κ2) is 7.68. The minimum Gasteiger partial charge on any atom is -0.399 e. The first-order chi connectivity index (χ1) is 13.3. The molecular weight excluding hydrogens is 414 g/mol. The maximum absolute atomic E-state index is 12.8. The highest BCUT2D eigenvalue weighted by Crippen LogP contribution is 2.33. The average Bonchev–Trinajstić information content (AvgIpc) is 2.86. The van der Waals surface area contributed by atoms with Crippen molar-refractivity contribution in [3.8, 4) is 0 Å². The Bertz CT molecular complexity index is 1100. The van der Waals surface area contributed by atoms with E-state index in [2.05, 4.69) is 5.32 Å². The van der Waals surface area contributed by atoms with Crippen molar-refractivity contribution < 1.29 is 18.0 Å². The molecule has 0 fully saturated rings. The fourth-order valence-electron chi connectivity index (χ4n) is 3.96. The lowest BCUT2D eigenvalue weighted by atomic mass is 9.87. The van der Waals surface area contributed by atoms with E-state index in [1.165, 1.54) is 18.2 Å². The molecule has 1 aliphatic heterocycles.